The van der Waals surface area contributed by atoms with E-state index in [1.807, 2.05) is 23.8 Å². The summed E-state index contributed by atoms with van der Waals surface area (Å²) in [6.07, 6.45) is 1.17. The summed E-state index contributed by atoms with van der Waals surface area (Å²) in [5.74, 6) is 1.48. The molecule has 0 aromatic carbocycles. The Morgan fingerprint density at radius 2 is 2.50 bits per heavy atom. The minimum absolute atomic E-state index is 0.251. The van der Waals surface area contributed by atoms with Crippen LogP contribution < -0.4 is 0 Å². The molecular formula is C11H11N3OS. The average molecular weight is 233 g/mol. The van der Waals surface area contributed by atoms with Gasteiger partial charge >= 0.3 is 0 Å². The van der Waals surface area contributed by atoms with Crippen molar-refractivity contribution in [3.05, 3.63) is 22.7 Å². The summed E-state index contributed by atoms with van der Waals surface area (Å²) in [6, 6.07) is 4.09. The maximum absolute atomic E-state index is 8.55. The van der Waals surface area contributed by atoms with Crippen LogP contribution in [-0.2, 0) is 6.42 Å². The Morgan fingerprint density at radius 3 is 3.19 bits per heavy atom. The average Bonchev–Trinajstić information content (AvgIpc) is 2.86. The van der Waals surface area contributed by atoms with Gasteiger partial charge in [-0.1, -0.05) is 12.1 Å². The highest BCUT2D eigenvalue weighted by Gasteiger charge is 2.11. The Hall–Kier alpha value is -1.67. The Kier molecular flexibility index (Phi) is 3.32. The molecule has 5 heteroatoms. The molecule has 0 saturated heterocycles. The largest absolute Gasteiger partial charge is 0.339 e. The first kappa shape index (κ1) is 10.8. The van der Waals surface area contributed by atoms with E-state index in [0.717, 1.165) is 5.56 Å². The molecule has 1 unspecified atom stereocenters. The van der Waals surface area contributed by atoms with Gasteiger partial charge in [0, 0.05) is 23.8 Å². The van der Waals surface area contributed by atoms with E-state index in [0.29, 0.717) is 24.6 Å². The van der Waals surface area contributed by atoms with Crippen molar-refractivity contribution in [2.45, 2.75) is 19.8 Å². The highest BCUT2D eigenvalue weighted by atomic mass is 32.1. The zero-order valence-electron chi connectivity index (χ0n) is 8.88. The Labute approximate surface area is 97.5 Å². The Morgan fingerprint density at radius 1 is 1.62 bits per heavy atom. The molecule has 0 bridgehead atoms. The van der Waals surface area contributed by atoms with Crippen molar-refractivity contribution in [1.82, 2.24) is 10.1 Å². The zero-order valence-corrected chi connectivity index (χ0v) is 9.70. The second-order valence-electron chi connectivity index (χ2n) is 3.70. The van der Waals surface area contributed by atoms with Gasteiger partial charge in [-0.15, -0.1) is 0 Å². The van der Waals surface area contributed by atoms with Gasteiger partial charge in [0.25, 0.3) is 0 Å². The molecule has 16 heavy (non-hydrogen) atoms. The second-order valence-corrected chi connectivity index (χ2v) is 4.48. The molecule has 2 aromatic rings. The van der Waals surface area contributed by atoms with Crippen molar-refractivity contribution in [2.24, 2.45) is 5.92 Å². The second kappa shape index (κ2) is 4.90. The SMILES string of the molecule is CC(CC#N)Cc1nc(-c2ccsc2)no1. The molecule has 0 radical (unpaired) electrons. The summed E-state index contributed by atoms with van der Waals surface area (Å²) >= 11 is 1.60. The standard InChI is InChI=1S/C11H11N3OS/c1-8(2-4-12)6-10-13-11(14-15-10)9-3-5-16-7-9/h3,5,7-8H,2,6H2,1H3. The van der Waals surface area contributed by atoms with Gasteiger partial charge in [-0.2, -0.15) is 21.6 Å². The number of nitriles is 1. The van der Waals surface area contributed by atoms with Crippen LogP contribution in [0.15, 0.2) is 21.3 Å². The topological polar surface area (TPSA) is 62.7 Å². The summed E-state index contributed by atoms with van der Waals surface area (Å²) in [4.78, 5) is 4.29. The van der Waals surface area contributed by atoms with Crippen LogP contribution in [0.4, 0.5) is 0 Å². The van der Waals surface area contributed by atoms with Gasteiger partial charge in [0.15, 0.2) is 0 Å². The summed E-state index contributed by atoms with van der Waals surface area (Å²) in [7, 11) is 0. The van der Waals surface area contributed by atoms with Crippen molar-refractivity contribution in [2.75, 3.05) is 0 Å². The first-order valence-electron chi connectivity index (χ1n) is 5.01. The van der Waals surface area contributed by atoms with Gasteiger partial charge in [0.1, 0.15) is 0 Å². The molecule has 2 heterocycles. The van der Waals surface area contributed by atoms with Gasteiger partial charge < -0.3 is 4.52 Å². The number of hydrogen-bond acceptors (Lipinski definition) is 5. The maximum atomic E-state index is 8.55. The molecule has 0 spiro atoms. The molecule has 0 fully saturated rings. The minimum atomic E-state index is 0.251. The molecule has 0 aliphatic carbocycles. The van der Waals surface area contributed by atoms with Gasteiger partial charge in [0.2, 0.25) is 11.7 Å². The fourth-order valence-corrected chi connectivity index (χ4v) is 2.01. The molecule has 2 aromatic heterocycles. The van der Waals surface area contributed by atoms with Crippen molar-refractivity contribution in [1.29, 1.82) is 5.26 Å². The lowest BCUT2D eigenvalue weighted by Gasteiger charge is -2.00. The zero-order chi connectivity index (χ0) is 11.4. The van der Waals surface area contributed by atoms with Crippen molar-refractivity contribution >= 4 is 11.3 Å². The summed E-state index contributed by atoms with van der Waals surface area (Å²) in [5, 5.41) is 16.4. The van der Waals surface area contributed by atoms with Crippen LogP contribution in [0.1, 0.15) is 19.2 Å². The van der Waals surface area contributed by atoms with Crippen LogP contribution in [-0.4, -0.2) is 10.1 Å². The molecule has 0 aliphatic heterocycles. The number of aromatic nitrogens is 2. The van der Waals surface area contributed by atoms with E-state index >= 15 is 0 Å². The van der Waals surface area contributed by atoms with Gasteiger partial charge in [-0.25, -0.2) is 0 Å². The third kappa shape index (κ3) is 2.47. The van der Waals surface area contributed by atoms with Crippen LogP contribution in [0.25, 0.3) is 11.4 Å². The van der Waals surface area contributed by atoms with E-state index in [1.54, 1.807) is 11.3 Å². The molecule has 0 saturated carbocycles. The molecule has 4 nitrogen and oxygen atoms in total. The first-order valence-corrected chi connectivity index (χ1v) is 5.96. The number of thiophene rings is 1. The Balaban J connectivity index is 2.06. The normalized spacial score (nSPS) is 12.2. The highest BCUT2D eigenvalue weighted by molar-refractivity contribution is 7.08. The highest BCUT2D eigenvalue weighted by Crippen LogP contribution is 2.19. The third-order valence-electron chi connectivity index (χ3n) is 2.21. The van der Waals surface area contributed by atoms with E-state index in [4.69, 9.17) is 9.78 Å². The predicted molar refractivity (Wildman–Crippen MR) is 60.7 cm³/mol. The van der Waals surface area contributed by atoms with Gasteiger partial charge in [-0.3, -0.25) is 0 Å². The molecule has 1 atom stereocenters. The fraction of sp³-hybridized carbons (Fsp3) is 0.364. The van der Waals surface area contributed by atoms with Crippen LogP contribution in [0.5, 0.6) is 0 Å². The van der Waals surface area contributed by atoms with Gasteiger partial charge in [0.05, 0.1) is 6.07 Å². The van der Waals surface area contributed by atoms with Crippen molar-refractivity contribution in [3.8, 4) is 17.5 Å². The number of rotatable bonds is 4. The number of nitrogens with zero attached hydrogens (tertiary/aromatic N) is 3. The minimum Gasteiger partial charge on any atom is -0.339 e. The lowest BCUT2D eigenvalue weighted by Crippen LogP contribution is -1.98. The van der Waals surface area contributed by atoms with Crippen molar-refractivity contribution < 1.29 is 4.52 Å². The first-order chi connectivity index (χ1) is 7.79. The smallest absolute Gasteiger partial charge is 0.227 e. The molecule has 0 aliphatic rings. The molecular weight excluding hydrogens is 222 g/mol. The summed E-state index contributed by atoms with van der Waals surface area (Å²) in [6.45, 7) is 2.00. The van der Waals surface area contributed by atoms with Gasteiger partial charge in [-0.05, 0) is 17.4 Å². The van der Waals surface area contributed by atoms with Crippen molar-refractivity contribution in [3.63, 3.8) is 0 Å². The van der Waals surface area contributed by atoms with Crippen LogP contribution in [0.2, 0.25) is 0 Å². The van der Waals surface area contributed by atoms with E-state index in [-0.39, 0.29) is 5.92 Å². The number of hydrogen-bond donors (Lipinski definition) is 0. The van der Waals surface area contributed by atoms with E-state index in [9.17, 15) is 0 Å². The quantitative estimate of drug-likeness (QED) is 0.814. The molecule has 0 amide bonds. The lowest BCUT2D eigenvalue weighted by molar-refractivity contribution is 0.359. The van der Waals surface area contributed by atoms with Crippen LogP contribution in [0, 0.1) is 17.2 Å². The molecule has 2 rings (SSSR count). The van der Waals surface area contributed by atoms with E-state index < -0.39 is 0 Å². The summed E-state index contributed by atoms with van der Waals surface area (Å²) < 4.78 is 5.14. The Bertz CT molecular complexity index is 484. The lowest BCUT2D eigenvalue weighted by atomic mass is 10.1. The third-order valence-corrected chi connectivity index (χ3v) is 2.89. The van der Waals surface area contributed by atoms with Crippen LogP contribution in [0.3, 0.4) is 0 Å². The fourth-order valence-electron chi connectivity index (χ4n) is 1.37. The molecule has 82 valence electrons. The van der Waals surface area contributed by atoms with E-state index in [1.165, 1.54) is 0 Å². The summed E-state index contributed by atoms with van der Waals surface area (Å²) in [5.41, 5.74) is 0.980. The van der Waals surface area contributed by atoms with Crippen LogP contribution >= 0.6 is 11.3 Å². The predicted octanol–water partition coefficient (Wildman–Crippen LogP) is 2.89. The maximum Gasteiger partial charge on any atom is 0.227 e. The molecule has 0 N–H and O–H groups in total. The van der Waals surface area contributed by atoms with E-state index in [2.05, 4.69) is 16.2 Å². The monoisotopic (exact) mass is 233 g/mol.